The van der Waals surface area contributed by atoms with Gasteiger partial charge in [0.2, 0.25) is 0 Å². The van der Waals surface area contributed by atoms with Crippen LogP contribution in [0.3, 0.4) is 0 Å². The van der Waals surface area contributed by atoms with Crippen LogP contribution in [0.25, 0.3) is 0 Å². The summed E-state index contributed by atoms with van der Waals surface area (Å²) in [5.41, 5.74) is 0.0926. The second-order valence-corrected chi connectivity index (χ2v) is 3.47. The minimum atomic E-state index is -0.0310. The number of rotatable bonds is 0. The second kappa shape index (κ2) is 4.19. The maximum absolute atomic E-state index is 10.9. The molecule has 1 radical (unpaired) electrons. The van der Waals surface area contributed by atoms with Crippen molar-refractivity contribution in [3.63, 3.8) is 0 Å². The molecule has 3 heteroatoms. The fourth-order valence-corrected chi connectivity index (χ4v) is 1.86. The molecule has 1 atom stereocenters. The molecule has 2 rings (SSSR count). The Labute approximate surface area is 98.3 Å². The van der Waals surface area contributed by atoms with Crippen molar-refractivity contribution in [1.82, 2.24) is 0 Å². The molecule has 1 unspecified atom stereocenters. The first-order valence-corrected chi connectivity index (χ1v) is 4.12. The summed E-state index contributed by atoms with van der Waals surface area (Å²) in [6.07, 6.45) is 8.43. The van der Waals surface area contributed by atoms with Crippen LogP contribution in [0, 0.1) is 18.3 Å². The summed E-state index contributed by atoms with van der Waals surface area (Å²) in [4.78, 5) is 10.9. The van der Waals surface area contributed by atoms with E-state index in [0.717, 1.165) is 19.3 Å². The minimum Gasteiger partial charge on any atom is -0.468 e. The molecule has 2 fully saturated rings. The summed E-state index contributed by atoms with van der Waals surface area (Å²) in [6, 6.07) is 0. The van der Waals surface area contributed by atoms with Gasteiger partial charge in [-0.25, -0.2) is 12.8 Å². The Hall–Kier alpha value is 0.574. The monoisotopic (exact) mass is 241 g/mol. The Kier molecular flexibility index (Phi) is 3.72. The van der Waals surface area contributed by atoms with Crippen LogP contribution in [0.1, 0.15) is 25.7 Å². The van der Waals surface area contributed by atoms with E-state index in [1.165, 1.54) is 0 Å². The standard InChI is InChI=1S/C9H12O2.Y/c10-8-6-9(7-11-8)4-2-1-3-5-9;/h2,5H,1,3-4,6-7H2;/q-2;. The molecular formula is C9H12O2Y-2. The van der Waals surface area contributed by atoms with Gasteiger partial charge in [-0.05, 0) is 0 Å². The molecule has 1 saturated heterocycles. The van der Waals surface area contributed by atoms with Gasteiger partial charge in [-0.3, -0.25) is 4.79 Å². The van der Waals surface area contributed by atoms with Crippen molar-refractivity contribution in [3.8, 4) is 0 Å². The number of esters is 1. The SMILES string of the molecule is O=C1CC2([CH-]CC[CH-]C2)CO1.[Y]. The first kappa shape index (κ1) is 10.7. The van der Waals surface area contributed by atoms with E-state index in [9.17, 15) is 4.79 Å². The summed E-state index contributed by atoms with van der Waals surface area (Å²) in [5, 5.41) is 0. The van der Waals surface area contributed by atoms with Crippen molar-refractivity contribution >= 4 is 5.97 Å². The molecule has 2 aliphatic rings. The fourth-order valence-electron chi connectivity index (χ4n) is 1.86. The van der Waals surface area contributed by atoms with Crippen LogP contribution in [0.15, 0.2) is 0 Å². The molecule has 1 spiro atoms. The van der Waals surface area contributed by atoms with E-state index >= 15 is 0 Å². The maximum atomic E-state index is 10.9. The quantitative estimate of drug-likeness (QED) is 0.474. The van der Waals surface area contributed by atoms with Crippen molar-refractivity contribution in [2.24, 2.45) is 5.41 Å². The third kappa shape index (κ3) is 2.08. The topological polar surface area (TPSA) is 26.3 Å². The molecule has 0 bridgehead atoms. The molecule has 1 heterocycles. The van der Waals surface area contributed by atoms with Crippen molar-refractivity contribution in [2.75, 3.05) is 6.61 Å². The largest absolute Gasteiger partial charge is 0.468 e. The first-order valence-electron chi connectivity index (χ1n) is 4.12. The van der Waals surface area contributed by atoms with Gasteiger partial charge in [-0.1, -0.05) is 0 Å². The number of hydrogen-bond donors (Lipinski definition) is 0. The van der Waals surface area contributed by atoms with E-state index in [-0.39, 0.29) is 44.1 Å². The van der Waals surface area contributed by atoms with E-state index in [4.69, 9.17) is 4.74 Å². The zero-order valence-electron chi connectivity index (χ0n) is 7.08. The molecule has 0 aromatic carbocycles. The minimum absolute atomic E-state index is 0. The second-order valence-electron chi connectivity index (χ2n) is 3.47. The van der Waals surface area contributed by atoms with Gasteiger partial charge in [0.25, 0.3) is 0 Å². The van der Waals surface area contributed by atoms with Crippen molar-refractivity contribution in [2.45, 2.75) is 25.7 Å². The molecule has 1 aliphatic carbocycles. The summed E-state index contributed by atoms with van der Waals surface area (Å²) in [5.74, 6) is -0.0310. The molecule has 1 saturated carbocycles. The Bertz CT molecular complexity index is 173. The van der Waals surface area contributed by atoms with Gasteiger partial charge < -0.3 is 17.6 Å². The van der Waals surface area contributed by atoms with Crippen LogP contribution in [0.5, 0.6) is 0 Å². The maximum Gasteiger partial charge on any atom is 0.303 e. The van der Waals surface area contributed by atoms with Crippen LogP contribution in [-0.4, -0.2) is 12.6 Å². The average molecular weight is 241 g/mol. The Morgan fingerprint density at radius 3 is 2.75 bits per heavy atom. The zero-order valence-corrected chi connectivity index (χ0v) is 9.92. The van der Waals surface area contributed by atoms with E-state index in [2.05, 4.69) is 12.8 Å². The number of hydrogen-bond acceptors (Lipinski definition) is 2. The zero-order chi connectivity index (χ0) is 7.73. The molecule has 0 aromatic heterocycles. The molecule has 65 valence electrons. The molecule has 1 aliphatic heterocycles. The molecule has 0 amide bonds. The van der Waals surface area contributed by atoms with E-state index in [1.54, 1.807) is 0 Å². The van der Waals surface area contributed by atoms with Crippen molar-refractivity contribution in [3.05, 3.63) is 12.8 Å². The molecule has 0 N–H and O–H groups in total. The van der Waals surface area contributed by atoms with Gasteiger partial charge >= 0.3 is 5.97 Å². The third-order valence-electron chi connectivity index (χ3n) is 2.52. The van der Waals surface area contributed by atoms with Crippen molar-refractivity contribution in [1.29, 1.82) is 0 Å². The van der Waals surface area contributed by atoms with Crippen molar-refractivity contribution < 1.29 is 42.2 Å². The first-order chi connectivity index (χ1) is 5.31. The van der Waals surface area contributed by atoms with Crippen LogP contribution in [0.2, 0.25) is 0 Å². The van der Waals surface area contributed by atoms with Crippen LogP contribution < -0.4 is 0 Å². The Balaban J connectivity index is 0.000000720. The van der Waals surface area contributed by atoms with E-state index in [1.807, 2.05) is 0 Å². The van der Waals surface area contributed by atoms with E-state index < -0.39 is 0 Å². The van der Waals surface area contributed by atoms with Gasteiger partial charge in [0.15, 0.2) is 0 Å². The third-order valence-corrected chi connectivity index (χ3v) is 2.52. The summed E-state index contributed by atoms with van der Waals surface area (Å²) < 4.78 is 4.96. The van der Waals surface area contributed by atoms with Gasteiger partial charge in [0.05, 0.1) is 6.61 Å². The summed E-state index contributed by atoms with van der Waals surface area (Å²) in [6.45, 7) is 0.613. The molecule has 0 aromatic rings. The Morgan fingerprint density at radius 2 is 2.25 bits per heavy atom. The Morgan fingerprint density at radius 1 is 1.42 bits per heavy atom. The normalized spacial score (nSPS) is 34.5. The molecule has 2 nitrogen and oxygen atoms in total. The van der Waals surface area contributed by atoms with Gasteiger partial charge in [0, 0.05) is 39.1 Å². The van der Waals surface area contributed by atoms with Gasteiger partial charge in [-0.15, -0.1) is 5.41 Å². The van der Waals surface area contributed by atoms with Crippen LogP contribution in [-0.2, 0) is 42.2 Å². The number of carbonyl (C=O) groups is 1. The summed E-state index contributed by atoms with van der Waals surface area (Å²) >= 11 is 0. The predicted octanol–water partition coefficient (Wildman–Crippen LogP) is 1.51. The summed E-state index contributed by atoms with van der Waals surface area (Å²) in [7, 11) is 0. The number of ether oxygens (including phenoxy) is 1. The van der Waals surface area contributed by atoms with Crippen LogP contribution in [0.4, 0.5) is 0 Å². The molecular weight excluding hydrogens is 229 g/mol. The average Bonchev–Trinajstić information content (AvgIpc) is 2.34. The molecule has 12 heavy (non-hydrogen) atoms. The van der Waals surface area contributed by atoms with Gasteiger partial charge in [-0.2, -0.15) is 6.42 Å². The van der Waals surface area contributed by atoms with E-state index in [0.29, 0.717) is 13.0 Å². The van der Waals surface area contributed by atoms with Gasteiger partial charge in [0.1, 0.15) is 0 Å². The fraction of sp³-hybridized carbons (Fsp3) is 0.667. The van der Waals surface area contributed by atoms with Crippen LogP contribution >= 0.6 is 0 Å². The number of cyclic esters (lactones) is 1. The smallest absolute Gasteiger partial charge is 0.303 e. The predicted molar refractivity (Wildman–Crippen MR) is 40.5 cm³/mol. The number of carbonyl (C=O) groups excluding carboxylic acids is 1.